The minimum Gasteiger partial charge on any atom is -0.364 e. The summed E-state index contributed by atoms with van der Waals surface area (Å²) in [5, 5.41) is 4.36. The summed E-state index contributed by atoms with van der Waals surface area (Å²) in [7, 11) is 0. The maximum absolute atomic E-state index is 12.8. The first-order valence-electron chi connectivity index (χ1n) is 8.99. The summed E-state index contributed by atoms with van der Waals surface area (Å²) in [6.07, 6.45) is 2.62. The van der Waals surface area contributed by atoms with Crippen LogP contribution in [0.4, 0.5) is 5.69 Å². The summed E-state index contributed by atoms with van der Waals surface area (Å²) in [6.45, 7) is 3.83. The van der Waals surface area contributed by atoms with Crippen LogP contribution in [0, 0.1) is 0 Å². The number of ether oxygens (including phenoxy) is 1. The average Bonchev–Trinajstić information content (AvgIpc) is 3.29. The van der Waals surface area contributed by atoms with Gasteiger partial charge in [-0.05, 0) is 24.6 Å². The average molecular weight is 354 g/mol. The van der Waals surface area contributed by atoms with E-state index in [4.69, 9.17) is 4.74 Å². The minimum atomic E-state index is -0.172. The number of carbonyl (C=O) groups is 2. The van der Waals surface area contributed by atoms with Gasteiger partial charge in [0, 0.05) is 31.5 Å². The second-order valence-electron chi connectivity index (χ2n) is 6.69. The van der Waals surface area contributed by atoms with Crippen LogP contribution in [0.15, 0.2) is 42.6 Å². The van der Waals surface area contributed by atoms with Crippen molar-refractivity contribution >= 4 is 17.5 Å². The van der Waals surface area contributed by atoms with E-state index in [1.165, 1.54) is 0 Å². The number of aryl methyl sites for hydroxylation is 1. The predicted molar refractivity (Wildman–Crippen MR) is 95.9 cm³/mol. The maximum Gasteiger partial charge on any atom is 0.274 e. The largest absolute Gasteiger partial charge is 0.364 e. The highest BCUT2D eigenvalue weighted by molar-refractivity contribution is 5.97. The standard InChI is InChI=1S/C19H22N4O3/c1-2-9-22-10-8-15(20-22)19(25)21-11-16-17(12-21)26-13-18(24)23(16)14-6-4-3-5-7-14/h3-8,10,16-17H,2,9,11-13H2,1H3/t16-,17-/m0/s1. The van der Waals surface area contributed by atoms with Crippen LogP contribution in [-0.2, 0) is 16.1 Å². The lowest BCUT2D eigenvalue weighted by Gasteiger charge is -2.36. The third-order valence-electron chi connectivity index (χ3n) is 4.89. The summed E-state index contributed by atoms with van der Waals surface area (Å²) in [5.74, 6) is -0.183. The van der Waals surface area contributed by atoms with E-state index in [1.54, 1.807) is 20.5 Å². The molecule has 0 radical (unpaired) electrons. The van der Waals surface area contributed by atoms with Crippen molar-refractivity contribution in [3.63, 3.8) is 0 Å². The number of benzene rings is 1. The van der Waals surface area contributed by atoms with Crippen LogP contribution in [0.2, 0.25) is 0 Å². The molecule has 2 saturated heterocycles. The van der Waals surface area contributed by atoms with Crippen molar-refractivity contribution in [1.29, 1.82) is 0 Å². The smallest absolute Gasteiger partial charge is 0.274 e. The van der Waals surface area contributed by atoms with Crippen LogP contribution in [-0.4, -0.2) is 58.3 Å². The van der Waals surface area contributed by atoms with Crippen molar-refractivity contribution < 1.29 is 14.3 Å². The van der Waals surface area contributed by atoms with Gasteiger partial charge >= 0.3 is 0 Å². The Balaban J connectivity index is 1.53. The third-order valence-corrected chi connectivity index (χ3v) is 4.89. The van der Waals surface area contributed by atoms with Crippen molar-refractivity contribution in [1.82, 2.24) is 14.7 Å². The number of fused-ring (bicyclic) bond motifs is 1. The number of hydrogen-bond donors (Lipinski definition) is 0. The Morgan fingerprint density at radius 3 is 2.81 bits per heavy atom. The van der Waals surface area contributed by atoms with Gasteiger partial charge in [0.15, 0.2) is 0 Å². The minimum absolute atomic E-state index is 0.0449. The highest BCUT2D eigenvalue weighted by atomic mass is 16.5. The highest BCUT2D eigenvalue weighted by Gasteiger charge is 2.45. The van der Waals surface area contributed by atoms with E-state index >= 15 is 0 Å². The van der Waals surface area contributed by atoms with Crippen LogP contribution >= 0.6 is 0 Å². The molecule has 136 valence electrons. The lowest BCUT2D eigenvalue weighted by atomic mass is 10.1. The number of aromatic nitrogens is 2. The number of anilines is 1. The quantitative estimate of drug-likeness (QED) is 0.835. The molecule has 0 unspecified atom stereocenters. The molecule has 2 atom stereocenters. The number of likely N-dealkylation sites (tertiary alicyclic amines) is 1. The van der Waals surface area contributed by atoms with Crippen LogP contribution in [0.3, 0.4) is 0 Å². The van der Waals surface area contributed by atoms with Crippen molar-refractivity contribution in [2.75, 3.05) is 24.6 Å². The Morgan fingerprint density at radius 2 is 2.04 bits per heavy atom. The van der Waals surface area contributed by atoms with Gasteiger partial charge in [-0.15, -0.1) is 0 Å². The molecule has 0 aliphatic carbocycles. The summed E-state index contributed by atoms with van der Waals surface area (Å²) < 4.78 is 7.50. The lowest BCUT2D eigenvalue weighted by molar-refractivity contribution is -0.130. The molecule has 2 aromatic rings. The molecule has 4 rings (SSSR count). The summed E-state index contributed by atoms with van der Waals surface area (Å²) in [4.78, 5) is 28.8. The van der Waals surface area contributed by atoms with Crippen molar-refractivity contribution in [2.45, 2.75) is 32.0 Å². The van der Waals surface area contributed by atoms with Gasteiger partial charge in [0.1, 0.15) is 12.3 Å². The fourth-order valence-corrected chi connectivity index (χ4v) is 3.68. The van der Waals surface area contributed by atoms with Crippen LogP contribution < -0.4 is 4.90 Å². The molecule has 0 bridgehead atoms. The zero-order valence-corrected chi connectivity index (χ0v) is 14.7. The van der Waals surface area contributed by atoms with E-state index in [1.807, 2.05) is 36.5 Å². The Bertz CT molecular complexity index is 804. The zero-order chi connectivity index (χ0) is 18.1. The molecule has 1 aromatic carbocycles. The van der Waals surface area contributed by atoms with Crippen LogP contribution in [0.5, 0.6) is 0 Å². The molecule has 3 heterocycles. The van der Waals surface area contributed by atoms with Crippen molar-refractivity contribution in [3.05, 3.63) is 48.3 Å². The van der Waals surface area contributed by atoms with Gasteiger partial charge in [-0.1, -0.05) is 25.1 Å². The van der Waals surface area contributed by atoms with E-state index in [0.29, 0.717) is 18.8 Å². The molecule has 2 aliphatic heterocycles. The zero-order valence-electron chi connectivity index (χ0n) is 14.7. The monoisotopic (exact) mass is 354 g/mol. The number of nitrogens with zero attached hydrogens (tertiary/aromatic N) is 4. The Labute approximate surface area is 152 Å². The highest BCUT2D eigenvalue weighted by Crippen LogP contribution is 2.29. The molecule has 1 aromatic heterocycles. The number of amides is 2. The first-order chi connectivity index (χ1) is 12.7. The molecule has 2 fully saturated rings. The van der Waals surface area contributed by atoms with E-state index in [0.717, 1.165) is 18.7 Å². The Kier molecular flexibility index (Phi) is 4.46. The Morgan fingerprint density at radius 1 is 1.23 bits per heavy atom. The number of para-hydroxylation sites is 1. The van der Waals surface area contributed by atoms with Gasteiger partial charge in [0.2, 0.25) is 0 Å². The first-order valence-corrected chi connectivity index (χ1v) is 8.99. The van der Waals surface area contributed by atoms with Gasteiger partial charge in [-0.2, -0.15) is 5.10 Å². The molecule has 0 saturated carbocycles. The van der Waals surface area contributed by atoms with E-state index in [2.05, 4.69) is 12.0 Å². The van der Waals surface area contributed by atoms with E-state index in [9.17, 15) is 9.59 Å². The van der Waals surface area contributed by atoms with Gasteiger partial charge in [0.05, 0.1) is 12.1 Å². The molecular weight excluding hydrogens is 332 g/mol. The molecular formula is C19H22N4O3. The molecule has 0 spiro atoms. The topological polar surface area (TPSA) is 67.7 Å². The number of rotatable bonds is 4. The molecule has 0 N–H and O–H groups in total. The van der Waals surface area contributed by atoms with Crippen molar-refractivity contribution in [3.8, 4) is 0 Å². The van der Waals surface area contributed by atoms with Gasteiger partial charge in [-0.3, -0.25) is 14.3 Å². The molecule has 7 heteroatoms. The van der Waals surface area contributed by atoms with Gasteiger partial charge in [-0.25, -0.2) is 0 Å². The molecule has 7 nitrogen and oxygen atoms in total. The SMILES string of the molecule is CCCn1ccc(C(=O)N2C[C@@H]3OCC(=O)N(c4ccccc4)[C@H]3C2)n1. The summed E-state index contributed by atoms with van der Waals surface area (Å²) in [5.41, 5.74) is 1.28. The fraction of sp³-hybridized carbons (Fsp3) is 0.421. The lowest BCUT2D eigenvalue weighted by Crippen LogP contribution is -2.54. The summed E-state index contributed by atoms with van der Waals surface area (Å²) in [6, 6.07) is 11.1. The van der Waals surface area contributed by atoms with E-state index < -0.39 is 0 Å². The number of morpholine rings is 1. The molecule has 2 amide bonds. The second-order valence-corrected chi connectivity index (χ2v) is 6.69. The first kappa shape index (κ1) is 16.8. The van der Waals surface area contributed by atoms with E-state index in [-0.39, 0.29) is 30.6 Å². The third kappa shape index (κ3) is 2.99. The fourth-order valence-electron chi connectivity index (χ4n) is 3.68. The maximum atomic E-state index is 12.8. The summed E-state index contributed by atoms with van der Waals surface area (Å²) >= 11 is 0. The van der Waals surface area contributed by atoms with Gasteiger partial charge in [0.25, 0.3) is 11.8 Å². The molecule has 2 aliphatic rings. The second kappa shape index (κ2) is 6.92. The predicted octanol–water partition coefficient (Wildman–Crippen LogP) is 1.55. The molecule has 26 heavy (non-hydrogen) atoms. The van der Waals surface area contributed by atoms with Crippen LogP contribution in [0.1, 0.15) is 23.8 Å². The van der Waals surface area contributed by atoms with Gasteiger partial charge < -0.3 is 14.5 Å². The number of hydrogen-bond acceptors (Lipinski definition) is 4. The van der Waals surface area contributed by atoms with Crippen molar-refractivity contribution in [2.24, 2.45) is 0 Å². The normalized spacial score (nSPS) is 22.6. The Hall–Kier alpha value is -2.67. The number of carbonyl (C=O) groups excluding carboxylic acids is 2. The van der Waals surface area contributed by atoms with Crippen LogP contribution in [0.25, 0.3) is 0 Å².